The molecular formula is C34H54N4O6. The standard InChI is InChI=1S/C34H54N4O6/c1-19(2)9-8-10-23(30(42)43)28-24-15-26(41)29-31(5,33(24,7)16-27(28)44-21(4)39)13-14-34(38-18-22(17-35)36-37-38)20(3)25(40)11-12-32(29,34)6/h18-20,24-27,29,40-41H,8-17,35H2,1-7H3,(H,42,43)/b28-23-/t20?,24-,25+,26+,27?,29+,31?,32?,33?,34+/m0/s1. The summed E-state index contributed by atoms with van der Waals surface area (Å²) in [5.41, 5.74) is 5.80. The highest BCUT2D eigenvalue weighted by atomic mass is 16.5. The molecule has 0 saturated heterocycles. The van der Waals surface area contributed by atoms with Crippen LogP contribution in [0.5, 0.6) is 0 Å². The van der Waals surface area contributed by atoms with E-state index >= 15 is 0 Å². The second kappa shape index (κ2) is 11.5. The first-order chi connectivity index (χ1) is 20.6. The summed E-state index contributed by atoms with van der Waals surface area (Å²) in [5.74, 6) is -1.46. The second-order valence-electron chi connectivity index (χ2n) is 15.6. The van der Waals surface area contributed by atoms with Crippen LogP contribution in [0.1, 0.15) is 112 Å². The number of fused-ring (bicyclic) bond motifs is 5. The van der Waals surface area contributed by atoms with E-state index in [2.05, 4.69) is 51.9 Å². The SMILES string of the molecule is CC(=O)OC1CC2(C)[C@@H](C[C@@H](O)[C@@H]3C2(C)CC[C@@]2(n4cc(CN)nn4)C(C)[C@H](O)CCC32C)/C1=C(\CCCC(C)C)C(=O)O. The Hall–Kier alpha value is -2.30. The number of aromatic nitrogens is 3. The minimum absolute atomic E-state index is 0.136. The van der Waals surface area contributed by atoms with Gasteiger partial charge >= 0.3 is 11.9 Å². The van der Waals surface area contributed by atoms with Crippen LogP contribution in [0.15, 0.2) is 17.3 Å². The van der Waals surface area contributed by atoms with Gasteiger partial charge in [-0.15, -0.1) is 5.10 Å². The minimum Gasteiger partial charge on any atom is -0.478 e. The van der Waals surface area contributed by atoms with Crippen molar-refractivity contribution in [2.24, 2.45) is 45.7 Å². The number of carboxylic acid groups (broad SMARTS) is 1. The van der Waals surface area contributed by atoms with E-state index in [0.29, 0.717) is 61.3 Å². The molecule has 5 unspecified atom stereocenters. The van der Waals surface area contributed by atoms with Crippen molar-refractivity contribution in [3.63, 3.8) is 0 Å². The molecule has 10 nitrogen and oxygen atoms in total. The zero-order chi connectivity index (χ0) is 32.4. The van der Waals surface area contributed by atoms with Gasteiger partial charge in [-0.3, -0.25) is 4.79 Å². The Bertz CT molecular complexity index is 1310. The molecule has 0 aromatic carbocycles. The molecule has 4 aliphatic rings. The predicted octanol–water partition coefficient (Wildman–Crippen LogP) is 4.58. The van der Waals surface area contributed by atoms with E-state index in [1.807, 2.05) is 10.9 Å². The summed E-state index contributed by atoms with van der Waals surface area (Å²) >= 11 is 0. The number of esters is 1. The number of carbonyl (C=O) groups excluding carboxylic acids is 1. The minimum atomic E-state index is -0.960. The summed E-state index contributed by atoms with van der Waals surface area (Å²) in [6, 6.07) is 0. The van der Waals surface area contributed by atoms with Crippen LogP contribution in [0.4, 0.5) is 0 Å². The van der Waals surface area contributed by atoms with Crippen molar-refractivity contribution in [2.45, 2.75) is 137 Å². The van der Waals surface area contributed by atoms with Gasteiger partial charge in [0, 0.05) is 25.0 Å². The van der Waals surface area contributed by atoms with Gasteiger partial charge in [-0.1, -0.05) is 53.2 Å². The van der Waals surface area contributed by atoms with Crippen molar-refractivity contribution in [3.05, 3.63) is 23.0 Å². The van der Waals surface area contributed by atoms with Gasteiger partial charge in [-0.05, 0) is 90.9 Å². The average molecular weight is 615 g/mol. The maximum absolute atomic E-state index is 12.8. The van der Waals surface area contributed by atoms with E-state index in [9.17, 15) is 24.9 Å². The van der Waals surface area contributed by atoms with Gasteiger partial charge < -0.3 is 25.8 Å². The Labute approximate surface area is 261 Å². The van der Waals surface area contributed by atoms with E-state index in [4.69, 9.17) is 10.5 Å². The number of aliphatic hydroxyl groups excluding tert-OH is 2. The quantitative estimate of drug-likeness (QED) is 0.243. The lowest BCUT2D eigenvalue weighted by Crippen LogP contribution is -2.72. The van der Waals surface area contributed by atoms with Gasteiger partial charge in [0.25, 0.3) is 0 Å². The van der Waals surface area contributed by atoms with Crippen LogP contribution < -0.4 is 5.73 Å². The molecule has 44 heavy (non-hydrogen) atoms. The Morgan fingerprint density at radius 3 is 2.41 bits per heavy atom. The molecule has 1 heterocycles. The summed E-state index contributed by atoms with van der Waals surface area (Å²) in [6.45, 7) is 14.8. The highest BCUT2D eigenvalue weighted by Crippen LogP contribution is 2.76. The average Bonchev–Trinajstić information content (AvgIpc) is 3.52. The number of aliphatic hydroxyl groups is 2. The largest absolute Gasteiger partial charge is 0.478 e. The molecule has 4 aliphatic carbocycles. The zero-order valence-corrected chi connectivity index (χ0v) is 27.7. The van der Waals surface area contributed by atoms with Gasteiger partial charge in [-0.25, -0.2) is 9.48 Å². The van der Waals surface area contributed by atoms with Crippen LogP contribution in [-0.2, 0) is 26.4 Å². The zero-order valence-electron chi connectivity index (χ0n) is 27.7. The number of nitrogens with two attached hydrogens (primary N) is 1. The number of ether oxygens (including phenoxy) is 1. The van der Waals surface area contributed by atoms with Crippen molar-refractivity contribution in [3.8, 4) is 0 Å². The highest BCUT2D eigenvalue weighted by molar-refractivity contribution is 5.88. The molecule has 10 atom stereocenters. The normalized spacial score (nSPS) is 42.8. The fraction of sp³-hybridized carbons (Fsp3) is 0.824. The smallest absolute Gasteiger partial charge is 0.331 e. The molecular weight excluding hydrogens is 560 g/mol. The van der Waals surface area contributed by atoms with E-state index in [1.165, 1.54) is 6.92 Å². The lowest BCUT2D eigenvalue weighted by Gasteiger charge is -2.72. The highest BCUT2D eigenvalue weighted by Gasteiger charge is 2.75. The van der Waals surface area contributed by atoms with E-state index in [1.54, 1.807) is 0 Å². The fourth-order valence-corrected chi connectivity index (χ4v) is 11.0. The number of hydrogen-bond donors (Lipinski definition) is 4. The molecule has 0 aliphatic heterocycles. The number of hydrogen-bond acceptors (Lipinski definition) is 8. The Balaban J connectivity index is 1.65. The Morgan fingerprint density at radius 2 is 1.82 bits per heavy atom. The van der Waals surface area contributed by atoms with Crippen LogP contribution in [0.25, 0.3) is 0 Å². The molecule has 0 bridgehead atoms. The third-order valence-electron chi connectivity index (χ3n) is 13.2. The Morgan fingerprint density at radius 1 is 1.11 bits per heavy atom. The van der Waals surface area contributed by atoms with Gasteiger partial charge in [-0.2, -0.15) is 0 Å². The molecule has 5 rings (SSSR count). The molecule has 0 amide bonds. The van der Waals surface area contributed by atoms with Gasteiger partial charge in [0.05, 0.1) is 29.6 Å². The summed E-state index contributed by atoms with van der Waals surface area (Å²) in [4.78, 5) is 25.3. The maximum atomic E-state index is 12.8. The monoisotopic (exact) mass is 614 g/mol. The summed E-state index contributed by atoms with van der Waals surface area (Å²) in [6.07, 6.45) is 5.82. The van der Waals surface area contributed by atoms with E-state index < -0.39 is 52.0 Å². The lowest BCUT2D eigenvalue weighted by molar-refractivity contribution is -0.264. The Kier molecular flexibility index (Phi) is 8.64. The molecule has 10 heteroatoms. The summed E-state index contributed by atoms with van der Waals surface area (Å²) in [7, 11) is 0. The van der Waals surface area contributed by atoms with Gasteiger partial charge in [0.15, 0.2) is 0 Å². The van der Waals surface area contributed by atoms with Crippen molar-refractivity contribution in [1.29, 1.82) is 0 Å². The molecule has 1 aromatic rings. The number of aliphatic carboxylic acids is 1. The van der Waals surface area contributed by atoms with Crippen molar-refractivity contribution in [2.75, 3.05) is 0 Å². The number of carboxylic acids is 1. The molecule has 1 aromatic heterocycles. The first kappa shape index (κ1) is 33.1. The molecule has 0 spiro atoms. The molecule has 4 fully saturated rings. The third-order valence-corrected chi connectivity index (χ3v) is 13.2. The summed E-state index contributed by atoms with van der Waals surface area (Å²) in [5, 5.41) is 43.1. The first-order valence-electron chi connectivity index (χ1n) is 16.7. The summed E-state index contributed by atoms with van der Waals surface area (Å²) < 4.78 is 7.90. The first-order valence-corrected chi connectivity index (χ1v) is 16.7. The van der Waals surface area contributed by atoms with Gasteiger partial charge in [0.1, 0.15) is 6.10 Å². The van der Waals surface area contributed by atoms with Crippen LogP contribution in [0, 0.1) is 39.9 Å². The number of carbonyl (C=O) groups is 2. The van der Waals surface area contributed by atoms with E-state index in [0.717, 1.165) is 19.3 Å². The lowest BCUT2D eigenvalue weighted by atomic mass is 9.34. The molecule has 5 N–H and O–H groups in total. The van der Waals surface area contributed by atoms with Crippen LogP contribution >= 0.6 is 0 Å². The van der Waals surface area contributed by atoms with Gasteiger partial charge in [0.2, 0.25) is 0 Å². The van der Waals surface area contributed by atoms with Crippen molar-refractivity contribution < 1.29 is 29.6 Å². The van der Waals surface area contributed by atoms with Crippen LogP contribution in [-0.4, -0.2) is 60.6 Å². The maximum Gasteiger partial charge on any atom is 0.331 e. The van der Waals surface area contributed by atoms with Crippen molar-refractivity contribution in [1.82, 2.24) is 15.0 Å². The number of nitrogens with zero attached hydrogens (tertiary/aromatic N) is 3. The topological polar surface area (TPSA) is 161 Å². The third kappa shape index (κ3) is 4.68. The fourth-order valence-electron chi connectivity index (χ4n) is 11.0. The van der Waals surface area contributed by atoms with E-state index in [-0.39, 0.29) is 24.3 Å². The molecule has 246 valence electrons. The second-order valence-corrected chi connectivity index (χ2v) is 15.6. The van der Waals surface area contributed by atoms with Crippen molar-refractivity contribution >= 4 is 11.9 Å². The molecule has 4 saturated carbocycles. The van der Waals surface area contributed by atoms with Crippen LogP contribution in [0.3, 0.4) is 0 Å². The number of rotatable bonds is 8. The predicted molar refractivity (Wildman–Crippen MR) is 165 cm³/mol. The van der Waals surface area contributed by atoms with Crippen LogP contribution in [0.2, 0.25) is 0 Å². The molecule has 0 radical (unpaired) electrons.